The second kappa shape index (κ2) is 7.01. The summed E-state index contributed by atoms with van der Waals surface area (Å²) in [6.07, 6.45) is 4.17. The van der Waals surface area contributed by atoms with E-state index in [2.05, 4.69) is 65.7 Å². The zero-order valence-corrected chi connectivity index (χ0v) is 11.3. The lowest BCUT2D eigenvalue weighted by Crippen LogP contribution is -2.20. The molecule has 82 valence electrons. The molecule has 1 atom stereocenters. The molecule has 2 heteroatoms. The third-order valence-corrected chi connectivity index (χ3v) is 3.10. The van der Waals surface area contributed by atoms with Gasteiger partial charge in [0.05, 0.1) is 0 Å². The van der Waals surface area contributed by atoms with Gasteiger partial charge in [-0.05, 0) is 59.7 Å². The van der Waals surface area contributed by atoms with Gasteiger partial charge in [-0.3, -0.25) is 0 Å². The maximum atomic E-state index is 3.77. The lowest BCUT2D eigenvalue weighted by Gasteiger charge is -2.17. The van der Waals surface area contributed by atoms with Crippen LogP contribution in [0.4, 0.5) is 0 Å². The van der Waals surface area contributed by atoms with Crippen LogP contribution >= 0.6 is 22.6 Å². The molecule has 0 saturated heterocycles. The monoisotopic (exact) mass is 315 g/mol. The number of benzene rings is 1. The van der Waals surface area contributed by atoms with E-state index in [1.165, 1.54) is 9.13 Å². The van der Waals surface area contributed by atoms with Gasteiger partial charge in [-0.25, -0.2) is 0 Å². The van der Waals surface area contributed by atoms with Crippen LogP contribution in [-0.2, 0) is 0 Å². The van der Waals surface area contributed by atoms with Crippen molar-refractivity contribution in [3.05, 3.63) is 46.1 Å². The Hall–Kier alpha value is -0.350. The van der Waals surface area contributed by atoms with E-state index in [4.69, 9.17) is 0 Å². The number of rotatable bonds is 6. The zero-order valence-electron chi connectivity index (χ0n) is 9.17. The van der Waals surface area contributed by atoms with Crippen LogP contribution in [0.1, 0.15) is 31.4 Å². The number of hydrogen-bond donors (Lipinski definition) is 1. The molecule has 0 aromatic heterocycles. The standard InChI is InChI=1S/C13H18IN/c1-3-5-6-13(15-4-2)11-7-9-12(14)10-8-11/h3,7-10,13,15H,1,4-6H2,2H3. The van der Waals surface area contributed by atoms with E-state index < -0.39 is 0 Å². The fourth-order valence-corrected chi connectivity index (χ4v) is 1.97. The van der Waals surface area contributed by atoms with Crippen LogP contribution in [0.3, 0.4) is 0 Å². The van der Waals surface area contributed by atoms with Crippen LogP contribution in [0.2, 0.25) is 0 Å². The van der Waals surface area contributed by atoms with Crippen LogP contribution in [0.15, 0.2) is 36.9 Å². The summed E-state index contributed by atoms with van der Waals surface area (Å²) < 4.78 is 1.29. The number of nitrogens with one attached hydrogen (secondary N) is 1. The predicted molar refractivity (Wildman–Crippen MR) is 75.0 cm³/mol. The zero-order chi connectivity index (χ0) is 11.1. The van der Waals surface area contributed by atoms with Crippen LogP contribution in [0.5, 0.6) is 0 Å². The first kappa shape index (κ1) is 12.7. The van der Waals surface area contributed by atoms with Gasteiger partial charge < -0.3 is 5.32 Å². The van der Waals surface area contributed by atoms with Gasteiger partial charge in [-0.2, -0.15) is 0 Å². The molecular weight excluding hydrogens is 297 g/mol. The highest BCUT2D eigenvalue weighted by Crippen LogP contribution is 2.19. The van der Waals surface area contributed by atoms with E-state index in [0.717, 1.165) is 19.4 Å². The van der Waals surface area contributed by atoms with Crippen molar-refractivity contribution in [3.63, 3.8) is 0 Å². The molecule has 1 unspecified atom stereocenters. The van der Waals surface area contributed by atoms with E-state index in [0.29, 0.717) is 6.04 Å². The van der Waals surface area contributed by atoms with Gasteiger partial charge >= 0.3 is 0 Å². The molecule has 1 rings (SSSR count). The van der Waals surface area contributed by atoms with E-state index in [1.807, 2.05) is 6.08 Å². The SMILES string of the molecule is C=CCCC(NCC)c1ccc(I)cc1. The first-order valence-electron chi connectivity index (χ1n) is 5.37. The van der Waals surface area contributed by atoms with Gasteiger partial charge in [0.2, 0.25) is 0 Å². The van der Waals surface area contributed by atoms with Gasteiger partial charge in [-0.1, -0.05) is 25.1 Å². The molecule has 0 bridgehead atoms. The highest BCUT2D eigenvalue weighted by Gasteiger charge is 2.08. The van der Waals surface area contributed by atoms with Gasteiger partial charge in [0.25, 0.3) is 0 Å². The maximum Gasteiger partial charge on any atom is 0.0323 e. The van der Waals surface area contributed by atoms with Crippen molar-refractivity contribution in [2.75, 3.05) is 6.54 Å². The minimum absolute atomic E-state index is 0.463. The molecule has 1 N–H and O–H groups in total. The lowest BCUT2D eigenvalue weighted by atomic mass is 10.0. The fourth-order valence-electron chi connectivity index (χ4n) is 1.61. The predicted octanol–water partition coefficient (Wildman–Crippen LogP) is 3.91. The molecule has 0 heterocycles. The number of allylic oxidation sites excluding steroid dienone is 1. The van der Waals surface area contributed by atoms with Gasteiger partial charge in [0, 0.05) is 9.61 Å². The second-order valence-corrected chi connectivity index (χ2v) is 4.77. The molecule has 1 aromatic rings. The summed E-state index contributed by atoms with van der Waals surface area (Å²) in [6, 6.07) is 9.20. The van der Waals surface area contributed by atoms with Gasteiger partial charge in [0.1, 0.15) is 0 Å². The Kier molecular flexibility index (Phi) is 5.95. The summed E-state index contributed by atoms with van der Waals surface area (Å²) in [5, 5.41) is 3.50. The smallest absolute Gasteiger partial charge is 0.0323 e. The van der Waals surface area contributed by atoms with Crippen molar-refractivity contribution < 1.29 is 0 Å². The molecule has 0 fully saturated rings. The molecule has 0 aliphatic heterocycles. The molecule has 0 radical (unpaired) electrons. The average Bonchev–Trinajstić information content (AvgIpc) is 2.25. The largest absolute Gasteiger partial charge is 0.310 e. The molecular formula is C13H18IN. The van der Waals surface area contributed by atoms with Crippen LogP contribution in [-0.4, -0.2) is 6.54 Å². The summed E-state index contributed by atoms with van der Waals surface area (Å²) in [5.74, 6) is 0. The van der Waals surface area contributed by atoms with E-state index >= 15 is 0 Å². The van der Waals surface area contributed by atoms with Gasteiger partial charge in [0.15, 0.2) is 0 Å². The summed E-state index contributed by atoms with van der Waals surface area (Å²) >= 11 is 2.33. The first-order chi connectivity index (χ1) is 7.27. The fraction of sp³-hybridized carbons (Fsp3) is 0.385. The Morgan fingerprint density at radius 1 is 1.40 bits per heavy atom. The summed E-state index contributed by atoms with van der Waals surface area (Å²) in [6.45, 7) is 6.93. The van der Waals surface area contributed by atoms with Crippen molar-refractivity contribution in [1.82, 2.24) is 5.32 Å². The Morgan fingerprint density at radius 2 is 2.07 bits per heavy atom. The van der Waals surface area contributed by atoms with Crippen LogP contribution in [0.25, 0.3) is 0 Å². The van der Waals surface area contributed by atoms with Crippen molar-refractivity contribution in [2.45, 2.75) is 25.8 Å². The Balaban J connectivity index is 2.69. The lowest BCUT2D eigenvalue weighted by molar-refractivity contribution is 0.520. The second-order valence-electron chi connectivity index (χ2n) is 3.53. The molecule has 0 amide bonds. The maximum absolute atomic E-state index is 3.77. The first-order valence-corrected chi connectivity index (χ1v) is 6.45. The molecule has 1 nitrogen and oxygen atoms in total. The van der Waals surface area contributed by atoms with E-state index in [1.54, 1.807) is 0 Å². The number of hydrogen-bond acceptors (Lipinski definition) is 1. The third kappa shape index (κ3) is 4.34. The summed E-state index contributed by atoms with van der Waals surface area (Å²) in [5.41, 5.74) is 1.37. The Bertz CT molecular complexity index is 292. The number of halogens is 1. The topological polar surface area (TPSA) is 12.0 Å². The Labute approximate surface area is 106 Å². The molecule has 0 aliphatic rings. The molecule has 0 saturated carbocycles. The summed E-state index contributed by atoms with van der Waals surface area (Å²) in [7, 11) is 0. The van der Waals surface area contributed by atoms with Crippen molar-refractivity contribution >= 4 is 22.6 Å². The quantitative estimate of drug-likeness (QED) is 0.620. The van der Waals surface area contributed by atoms with E-state index in [-0.39, 0.29) is 0 Å². The summed E-state index contributed by atoms with van der Waals surface area (Å²) in [4.78, 5) is 0. The molecule has 1 aromatic carbocycles. The van der Waals surface area contributed by atoms with Crippen LogP contribution in [0, 0.1) is 3.57 Å². The minimum atomic E-state index is 0.463. The third-order valence-electron chi connectivity index (χ3n) is 2.38. The van der Waals surface area contributed by atoms with Crippen molar-refractivity contribution in [2.24, 2.45) is 0 Å². The molecule has 15 heavy (non-hydrogen) atoms. The normalized spacial score (nSPS) is 12.4. The highest BCUT2D eigenvalue weighted by molar-refractivity contribution is 14.1. The molecule has 0 spiro atoms. The molecule has 0 aliphatic carbocycles. The van der Waals surface area contributed by atoms with Crippen LogP contribution < -0.4 is 5.32 Å². The van der Waals surface area contributed by atoms with Gasteiger partial charge in [-0.15, -0.1) is 6.58 Å². The Morgan fingerprint density at radius 3 is 2.60 bits per heavy atom. The minimum Gasteiger partial charge on any atom is -0.310 e. The average molecular weight is 315 g/mol. The highest BCUT2D eigenvalue weighted by atomic mass is 127. The van der Waals surface area contributed by atoms with E-state index in [9.17, 15) is 0 Å². The van der Waals surface area contributed by atoms with Crippen molar-refractivity contribution in [1.29, 1.82) is 0 Å². The van der Waals surface area contributed by atoms with Crippen molar-refractivity contribution in [3.8, 4) is 0 Å².